The Morgan fingerprint density at radius 1 is 0.968 bits per heavy atom. The van der Waals surface area contributed by atoms with Gasteiger partial charge in [-0.2, -0.15) is 0 Å². The number of ether oxygens (including phenoxy) is 4. The molecule has 2 aromatic carbocycles. The third-order valence-corrected chi connectivity index (χ3v) is 5.21. The summed E-state index contributed by atoms with van der Waals surface area (Å²) in [6.45, 7) is 0.959. The largest absolute Gasteiger partial charge is 0.497 e. The summed E-state index contributed by atoms with van der Waals surface area (Å²) in [7, 11) is 4.88. The van der Waals surface area contributed by atoms with Crippen LogP contribution in [0.3, 0.4) is 0 Å². The molecule has 31 heavy (non-hydrogen) atoms. The summed E-state index contributed by atoms with van der Waals surface area (Å²) in [5, 5.41) is 3.17. The van der Waals surface area contributed by atoms with E-state index in [0.29, 0.717) is 30.5 Å². The summed E-state index contributed by atoms with van der Waals surface area (Å²) in [4.78, 5) is 4.43. The monoisotopic (exact) mass is 541 g/mol. The number of hydrogen-bond acceptors (Lipinski definition) is 5. The van der Waals surface area contributed by atoms with Crippen molar-refractivity contribution < 1.29 is 18.9 Å². The highest BCUT2D eigenvalue weighted by molar-refractivity contribution is 14.0. The zero-order valence-electron chi connectivity index (χ0n) is 18.3. The highest BCUT2D eigenvalue weighted by atomic mass is 127. The molecule has 2 aromatic rings. The van der Waals surface area contributed by atoms with Gasteiger partial charge in [0.2, 0.25) is 0 Å². The van der Waals surface area contributed by atoms with Gasteiger partial charge < -0.3 is 30.0 Å². The van der Waals surface area contributed by atoms with E-state index in [1.54, 1.807) is 21.3 Å². The van der Waals surface area contributed by atoms with Gasteiger partial charge in [-0.1, -0.05) is 6.07 Å². The molecule has 0 amide bonds. The van der Waals surface area contributed by atoms with E-state index >= 15 is 0 Å². The van der Waals surface area contributed by atoms with Crippen molar-refractivity contribution in [1.29, 1.82) is 0 Å². The fraction of sp³-hybridized carbons (Fsp3) is 0.435. The lowest BCUT2D eigenvalue weighted by Gasteiger charge is -2.18. The maximum absolute atomic E-state index is 6.23. The zero-order chi connectivity index (χ0) is 21.3. The van der Waals surface area contributed by atoms with Crippen molar-refractivity contribution in [1.82, 2.24) is 5.32 Å². The first-order chi connectivity index (χ1) is 14.6. The minimum absolute atomic E-state index is 0. The lowest BCUT2D eigenvalue weighted by molar-refractivity contribution is 0.207. The van der Waals surface area contributed by atoms with Gasteiger partial charge >= 0.3 is 0 Å². The van der Waals surface area contributed by atoms with Crippen molar-refractivity contribution in [3.05, 3.63) is 47.5 Å². The van der Waals surface area contributed by atoms with Gasteiger partial charge in [-0.25, -0.2) is 4.99 Å². The average molecular weight is 541 g/mol. The minimum atomic E-state index is 0. The van der Waals surface area contributed by atoms with Crippen LogP contribution < -0.4 is 30.0 Å². The molecule has 0 spiro atoms. The molecule has 0 aromatic heterocycles. The van der Waals surface area contributed by atoms with Gasteiger partial charge in [0.05, 0.1) is 34.0 Å². The van der Waals surface area contributed by atoms with Gasteiger partial charge in [-0.05, 0) is 55.5 Å². The van der Waals surface area contributed by atoms with E-state index in [9.17, 15) is 0 Å². The quantitative estimate of drug-likeness (QED) is 0.281. The standard InChI is InChI=1S/C23H31N3O4.HI/c1-27-19-10-9-17(21(13-19)30-18-6-4-5-7-18)15-26-23(24)25-14-16-8-11-20(28-2)22(12-16)29-3;/h8-13,18H,4-7,14-15H2,1-3H3,(H3,24,25,26);1H. The number of hydrogen-bond donors (Lipinski definition) is 2. The van der Waals surface area contributed by atoms with Crippen molar-refractivity contribution in [3.8, 4) is 23.0 Å². The molecule has 1 aliphatic rings. The lowest BCUT2D eigenvalue weighted by Crippen LogP contribution is -2.31. The van der Waals surface area contributed by atoms with Crippen molar-refractivity contribution in [2.75, 3.05) is 21.3 Å². The predicted octanol–water partition coefficient (Wildman–Crippen LogP) is 4.26. The normalized spacial score (nSPS) is 14.0. The molecule has 0 unspecified atom stereocenters. The van der Waals surface area contributed by atoms with Crippen molar-refractivity contribution in [2.45, 2.75) is 44.9 Å². The SMILES string of the molecule is COc1ccc(CNC(N)=NCc2ccc(OC)c(OC)c2)c(OC2CCCC2)c1.I. The summed E-state index contributed by atoms with van der Waals surface area (Å²) in [6, 6.07) is 11.6. The second-order valence-corrected chi connectivity index (χ2v) is 7.24. The molecule has 0 bridgehead atoms. The molecule has 0 saturated heterocycles. The number of methoxy groups -OCH3 is 3. The van der Waals surface area contributed by atoms with E-state index in [4.69, 9.17) is 24.7 Å². The number of halogens is 1. The lowest BCUT2D eigenvalue weighted by atomic mass is 10.2. The first kappa shape index (κ1) is 24.9. The topological polar surface area (TPSA) is 87.3 Å². The molecule has 1 saturated carbocycles. The summed E-state index contributed by atoms with van der Waals surface area (Å²) >= 11 is 0. The van der Waals surface area contributed by atoms with Gasteiger partial charge in [0.25, 0.3) is 0 Å². The fourth-order valence-corrected chi connectivity index (χ4v) is 3.50. The molecule has 7 nitrogen and oxygen atoms in total. The van der Waals surface area contributed by atoms with Crippen LogP contribution >= 0.6 is 24.0 Å². The van der Waals surface area contributed by atoms with Gasteiger partial charge in [-0.15, -0.1) is 24.0 Å². The molecular formula is C23H32IN3O4. The Morgan fingerprint density at radius 3 is 2.39 bits per heavy atom. The van der Waals surface area contributed by atoms with Gasteiger partial charge in [0.1, 0.15) is 11.5 Å². The predicted molar refractivity (Wildman–Crippen MR) is 133 cm³/mol. The molecule has 3 rings (SSSR count). The molecular weight excluding hydrogens is 509 g/mol. The molecule has 8 heteroatoms. The maximum Gasteiger partial charge on any atom is 0.189 e. The molecule has 3 N–H and O–H groups in total. The van der Waals surface area contributed by atoms with Crippen LogP contribution in [-0.4, -0.2) is 33.4 Å². The maximum atomic E-state index is 6.23. The van der Waals surface area contributed by atoms with Crippen LogP contribution in [0.4, 0.5) is 0 Å². The summed E-state index contributed by atoms with van der Waals surface area (Å²) < 4.78 is 22.2. The molecule has 0 heterocycles. The molecule has 0 atom stereocenters. The van der Waals surface area contributed by atoms with Crippen LogP contribution in [0.2, 0.25) is 0 Å². The zero-order valence-corrected chi connectivity index (χ0v) is 20.7. The summed E-state index contributed by atoms with van der Waals surface area (Å²) in [5.74, 6) is 3.34. The van der Waals surface area contributed by atoms with Crippen LogP contribution in [0.25, 0.3) is 0 Å². The third kappa shape index (κ3) is 7.09. The van der Waals surface area contributed by atoms with E-state index in [-0.39, 0.29) is 30.1 Å². The average Bonchev–Trinajstić information content (AvgIpc) is 3.29. The van der Waals surface area contributed by atoms with Gasteiger partial charge in [0, 0.05) is 18.2 Å². The van der Waals surface area contributed by atoms with Crippen molar-refractivity contribution in [2.24, 2.45) is 10.7 Å². The van der Waals surface area contributed by atoms with Crippen molar-refractivity contribution in [3.63, 3.8) is 0 Å². The van der Waals surface area contributed by atoms with E-state index in [2.05, 4.69) is 10.3 Å². The molecule has 0 aliphatic heterocycles. The Bertz CT molecular complexity index is 870. The highest BCUT2D eigenvalue weighted by Crippen LogP contribution is 2.30. The number of nitrogens with two attached hydrogens (primary N) is 1. The molecule has 1 aliphatic carbocycles. The molecule has 0 radical (unpaired) electrons. The number of guanidine groups is 1. The number of nitrogens with zero attached hydrogens (tertiary/aromatic N) is 1. The smallest absolute Gasteiger partial charge is 0.189 e. The number of nitrogens with one attached hydrogen (secondary N) is 1. The molecule has 1 fully saturated rings. The van der Waals surface area contributed by atoms with E-state index < -0.39 is 0 Å². The van der Waals surface area contributed by atoms with E-state index in [1.807, 2.05) is 36.4 Å². The van der Waals surface area contributed by atoms with Crippen LogP contribution in [0.15, 0.2) is 41.4 Å². The minimum Gasteiger partial charge on any atom is -0.497 e. The van der Waals surface area contributed by atoms with Crippen LogP contribution in [-0.2, 0) is 13.1 Å². The van der Waals surface area contributed by atoms with Crippen molar-refractivity contribution >= 4 is 29.9 Å². The Hall–Kier alpha value is -2.36. The summed E-state index contributed by atoms with van der Waals surface area (Å²) in [5.41, 5.74) is 8.08. The van der Waals surface area contributed by atoms with Crippen LogP contribution in [0, 0.1) is 0 Å². The Labute approximate surface area is 201 Å². The van der Waals surface area contributed by atoms with Gasteiger partial charge in [0.15, 0.2) is 17.5 Å². The van der Waals surface area contributed by atoms with Crippen LogP contribution in [0.5, 0.6) is 23.0 Å². The number of aliphatic imine (C=N–C) groups is 1. The number of benzene rings is 2. The summed E-state index contributed by atoms with van der Waals surface area (Å²) in [6.07, 6.45) is 4.90. The second-order valence-electron chi connectivity index (χ2n) is 7.24. The second kappa shape index (κ2) is 12.5. The highest BCUT2D eigenvalue weighted by Gasteiger charge is 2.18. The fourth-order valence-electron chi connectivity index (χ4n) is 3.50. The van der Waals surface area contributed by atoms with Crippen LogP contribution in [0.1, 0.15) is 36.8 Å². The van der Waals surface area contributed by atoms with E-state index in [0.717, 1.165) is 35.5 Å². The first-order valence-electron chi connectivity index (χ1n) is 10.2. The Morgan fingerprint density at radius 2 is 1.71 bits per heavy atom. The first-order valence-corrected chi connectivity index (χ1v) is 10.2. The van der Waals surface area contributed by atoms with Gasteiger partial charge in [-0.3, -0.25) is 0 Å². The van der Waals surface area contributed by atoms with E-state index in [1.165, 1.54) is 12.8 Å². The third-order valence-electron chi connectivity index (χ3n) is 5.21. The Kier molecular flexibility index (Phi) is 10.0. The Balaban J connectivity index is 0.00000341. The molecule has 170 valence electrons. The number of rotatable bonds is 9.